The molecule has 8 nitrogen and oxygen atoms in total. The van der Waals surface area contributed by atoms with Crippen LogP contribution in [-0.2, 0) is 19.2 Å². The average molecular weight is 278 g/mol. The van der Waals surface area contributed by atoms with Crippen LogP contribution in [0.1, 0.15) is 6.42 Å². The van der Waals surface area contributed by atoms with Crippen molar-refractivity contribution in [2.75, 3.05) is 12.3 Å². The summed E-state index contributed by atoms with van der Waals surface area (Å²) in [5.74, 6) is -3.19. The van der Waals surface area contributed by atoms with Gasteiger partial charge in [0, 0.05) is 12.2 Å². The second-order valence-corrected chi connectivity index (χ2v) is 4.52. The first-order chi connectivity index (χ1) is 8.38. The van der Waals surface area contributed by atoms with Crippen molar-refractivity contribution in [2.24, 2.45) is 5.73 Å². The van der Waals surface area contributed by atoms with Crippen molar-refractivity contribution < 1.29 is 29.4 Å². The molecule has 0 saturated heterocycles. The van der Waals surface area contributed by atoms with Crippen molar-refractivity contribution in [3.8, 4) is 0 Å². The van der Waals surface area contributed by atoms with Crippen molar-refractivity contribution >= 4 is 35.9 Å². The SMILES string of the molecule is NC(CSC(CC(=O)NCC=O)C(=O)O)C(=O)O. The van der Waals surface area contributed by atoms with E-state index in [9.17, 15) is 19.2 Å². The number of rotatable bonds is 9. The van der Waals surface area contributed by atoms with Gasteiger partial charge in [0.1, 0.15) is 17.6 Å². The van der Waals surface area contributed by atoms with Gasteiger partial charge in [-0.15, -0.1) is 11.8 Å². The number of aliphatic carboxylic acids is 2. The number of nitrogens with one attached hydrogen (secondary N) is 1. The number of hydrogen-bond donors (Lipinski definition) is 4. The lowest BCUT2D eigenvalue weighted by atomic mass is 10.3. The highest BCUT2D eigenvalue weighted by molar-refractivity contribution is 8.00. The topological polar surface area (TPSA) is 147 Å². The molecule has 0 fully saturated rings. The van der Waals surface area contributed by atoms with E-state index in [-0.39, 0.29) is 18.7 Å². The number of hydrogen-bond acceptors (Lipinski definition) is 6. The third kappa shape index (κ3) is 6.86. The first kappa shape index (κ1) is 16.4. The quantitative estimate of drug-likeness (QED) is 0.364. The van der Waals surface area contributed by atoms with Crippen LogP contribution in [-0.4, -0.2) is 57.9 Å². The molecule has 1 amide bonds. The van der Waals surface area contributed by atoms with E-state index in [0.29, 0.717) is 6.29 Å². The van der Waals surface area contributed by atoms with E-state index in [2.05, 4.69) is 5.32 Å². The largest absolute Gasteiger partial charge is 0.480 e. The van der Waals surface area contributed by atoms with Crippen molar-refractivity contribution in [2.45, 2.75) is 17.7 Å². The Morgan fingerprint density at radius 2 is 1.89 bits per heavy atom. The number of amides is 1. The molecular weight excluding hydrogens is 264 g/mol. The summed E-state index contributed by atoms with van der Waals surface area (Å²) in [6.45, 7) is -0.190. The minimum Gasteiger partial charge on any atom is -0.480 e. The van der Waals surface area contributed by atoms with Gasteiger partial charge in [-0.2, -0.15) is 0 Å². The van der Waals surface area contributed by atoms with E-state index in [0.717, 1.165) is 11.8 Å². The number of carboxylic acids is 2. The minimum atomic E-state index is -1.24. The zero-order valence-electron chi connectivity index (χ0n) is 9.37. The van der Waals surface area contributed by atoms with Gasteiger partial charge in [-0.1, -0.05) is 0 Å². The van der Waals surface area contributed by atoms with E-state index in [1.165, 1.54) is 0 Å². The van der Waals surface area contributed by atoms with E-state index >= 15 is 0 Å². The Hall–Kier alpha value is -1.61. The lowest BCUT2D eigenvalue weighted by Crippen LogP contribution is -2.35. The Balaban J connectivity index is 4.23. The van der Waals surface area contributed by atoms with Crippen molar-refractivity contribution in [3.05, 3.63) is 0 Å². The molecule has 5 N–H and O–H groups in total. The van der Waals surface area contributed by atoms with Gasteiger partial charge < -0.3 is 26.1 Å². The third-order valence-corrected chi connectivity index (χ3v) is 3.15. The van der Waals surface area contributed by atoms with Crippen LogP contribution in [0.4, 0.5) is 0 Å². The molecule has 0 aromatic carbocycles. The third-order valence-electron chi connectivity index (χ3n) is 1.82. The first-order valence-electron chi connectivity index (χ1n) is 4.91. The van der Waals surface area contributed by atoms with Crippen molar-refractivity contribution in [1.82, 2.24) is 5.32 Å². The maximum Gasteiger partial charge on any atom is 0.321 e. The summed E-state index contributed by atoms with van der Waals surface area (Å²) in [5.41, 5.74) is 5.22. The van der Waals surface area contributed by atoms with Gasteiger partial charge in [0.2, 0.25) is 5.91 Å². The van der Waals surface area contributed by atoms with Crippen LogP contribution in [0.25, 0.3) is 0 Å². The number of nitrogens with two attached hydrogens (primary N) is 1. The molecule has 2 unspecified atom stereocenters. The Labute approximate surface area is 107 Å². The molecule has 0 aliphatic rings. The highest BCUT2D eigenvalue weighted by atomic mass is 32.2. The summed E-state index contributed by atoms with van der Waals surface area (Å²) < 4.78 is 0. The zero-order chi connectivity index (χ0) is 14.1. The summed E-state index contributed by atoms with van der Waals surface area (Å²) in [6.07, 6.45) is 0.126. The summed E-state index contributed by atoms with van der Waals surface area (Å²) in [4.78, 5) is 42.5. The number of carbonyl (C=O) groups excluding carboxylic acids is 2. The van der Waals surface area contributed by atoms with Gasteiger partial charge in [0.05, 0.1) is 6.54 Å². The molecule has 0 aromatic heterocycles. The van der Waals surface area contributed by atoms with Gasteiger partial charge in [0.25, 0.3) is 0 Å². The fourth-order valence-electron chi connectivity index (χ4n) is 0.905. The summed E-state index contributed by atoms with van der Waals surface area (Å²) in [5, 5.41) is 18.5. The lowest BCUT2D eigenvalue weighted by Gasteiger charge is -2.13. The van der Waals surface area contributed by atoms with Crippen LogP contribution in [0, 0.1) is 0 Å². The molecule has 0 spiro atoms. The smallest absolute Gasteiger partial charge is 0.321 e. The van der Waals surface area contributed by atoms with Gasteiger partial charge in [-0.25, -0.2) is 0 Å². The predicted octanol–water partition coefficient (Wildman–Crippen LogP) is -1.71. The second kappa shape index (κ2) is 8.48. The molecule has 0 aromatic rings. The Bertz CT molecular complexity index is 335. The van der Waals surface area contributed by atoms with E-state index in [1.54, 1.807) is 0 Å². The molecule has 18 heavy (non-hydrogen) atoms. The van der Waals surface area contributed by atoms with Crippen LogP contribution >= 0.6 is 11.8 Å². The average Bonchev–Trinajstić information content (AvgIpc) is 2.30. The maximum absolute atomic E-state index is 11.2. The highest BCUT2D eigenvalue weighted by Crippen LogP contribution is 2.16. The normalized spacial score (nSPS) is 13.4. The zero-order valence-corrected chi connectivity index (χ0v) is 10.2. The Morgan fingerprint density at radius 3 is 2.33 bits per heavy atom. The molecule has 0 aliphatic heterocycles. The Kier molecular flexibility index (Phi) is 7.72. The molecule has 0 radical (unpaired) electrons. The summed E-state index contributed by atoms with van der Waals surface area (Å²) >= 11 is 0.773. The Morgan fingerprint density at radius 1 is 1.28 bits per heavy atom. The second-order valence-electron chi connectivity index (χ2n) is 3.28. The molecule has 9 heteroatoms. The van der Waals surface area contributed by atoms with E-state index in [1.807, 2.05) is 0 Å². The van der Waals surface area contributed by atoms with Gasteiger partial charge in [-0.05, 0) is 0 Å². The van der Waals surface area contributed by atoms with Gasteiger partial charge in [-0.3, -0.25) is 14.4 Å². The molecule has 102 valence electrons. The van der Waals surface area contributed by atoms with E-state index in [4.69, 9.17) is 15.9 Å². The van der Waals surface area contributed by atoms with Crippen molar-refractivity contribution in [1.29, 1.82) is 0 Å². The van der Waals surface area contributed by atoms with Crippen LogP contribution in [0.2, 0.25) is 0 Å². The fraction of sp³-hybridized carbons (Fsp3) is 0.556. The highest BCUT2D eigenvalue weighted by Gasteiger charge is 2.24. The standard InChI is InChI=1S/C9H14N2O6S/c10-5(8(14)15)4-18-6(9(16)17)3-7(13)11-1-2-12/h2,5-6H,1,3-4,10H2,(H,11,13)(H,14,15)(H,16,17). The van der Waals surface area contributed by atoms with Crippen LogP contribution in [0.15, 0.2) is 0 Å². The first-order valence-corrected chi connectivity index (χ1v) is 5.96. The number of aldehydes is 1. The van der Waals surface area contributed by atoms with Crippen molar-refractivity contribution in [3.63, 3.8) is 0 Å². The monoisotopic (exact) mass is 278 g/mol. The molecule has 0 saturated carbocycles. The molecule has 2 atom stereocenters. The van der Waals surface area contributed by atoms with Gasteiger partial charge >= 0.3 is 11.9 Å². The molecule has 0 heterocycles. The maximum atomic E-state index is 11.2. The molecule has 0 bridgehead atoms. The van der Waals surface area contributed by atoms with Crippen LogP contribution in [0.3, 0.4) is 0 Å². The number of carboxylic acid groups (broad SMARTS) is 2. The van der Waals surface area contributed by atoms with Crippen LogP contribution in [0.5, 0.6) is 0 Å². The molecule has 0 aliphatic carbocycles. The summed E-state index contributed by atoms with van der Waals surface area (Å²) in [6, 6.07) is -1.19. The van der Waals surface area contributed by atoms with Gasteiger partial charge in [0.15, 0.2) is 0 Å². The number of carbonyl (C=O) groups is 4. The minimum absolute atomic E-state index is 0.118. The van der Waals surface area contributed by atoms with E-state index < -0.39 is 29.1 Å². The van der Waals surface area contributed by atoms with Crippen LogP contribution < -0.4 is 11.1 Å². The summed E-state index contributed by atoms with van der Waals surface area (Å²) in [7, 11) is 0. The fourth-order valence-corrected chi connectivity index (χ4v) is 1.90. The molecular formula is C9H14N2O6S. The molecule has 0 rings (SSSR count). The lowest BCUT2D eigenvalue weighted by molar-refractivity contribution is -0.139. The number of thioether (sulfide) groups is 1. The predicted molar refractivity (Wildman–Crippen MR) is 63.2 cm³/mol.